The molecule has 2 aliphatic rings. The van der Waals surface area contributed by atoms with Crippen molar-refractivity contribution in [2.24, 2.45) is 5.92 Å². The summed E-state index contributed by atoms with van der Waals surface area (Å²) >= 11 is 6.52. The summed E-state index contributed by atoms with van der Waals surface area (Å²) in [6.45, 7) is 5.49. The molecule has 5 rings (SSSR count). The molecule has 7 heteroatoms. The molecule has 0 radical (unpaired) electrons. The monoisotopic (exact) mass is 459 g/mol. The summed E-state index contributed by atoms with van der Waals surface area (Å²) < 4.78 is 0. The van der Waals surface area contributed by atoms with Crippen LogP contribution in [0, 0.1) is 5.92 Å². The van der Waals surface area contributed by atoms with Gasteiger partial charge in [0.15, 0.2) is 12.1 Å². The van der Waals surface area contributed by atoms with Crippen LogP contribution in [-0.4, -0.2) is 47.6 Å². The van der Waals surface area contributed by atoms with Gasteiger partial charge in [0, 0.05) is 60.2 Å². The molecule has 1 unspecified atom stereocenters. The SMILES string of the molecule is CC1C=C(Cl)C(Cc2nnc(N3CCN(c4ccc(C=O)cn4)CC3)c3ccccc23)=CC1. The van der Waals surface area contributed by atoms with Crippen LogP contribution in [0.1, 0.15) is 29.4 Å². The third kappa shape index (κ3) is 4.48. The highest BCUT2D eigenvalue weighted by molar-refractivity contribution is 6.32. The largest absolute Gasteiger partial charge is 0.353 e. The van der Waals surface area contributed by atoms with Crippen molar-refractivity contribution < 1.29 is 4.79 Å². The fourth-order valence-corrected chi connectivity index (χ4v) is 4.86. The van der Waals surface area contributed by atoms with Gasteiger partial charge in [-0.15, -0.1) is 5.10 Å². The fraction of sp³-hybridized carbons (Fsp3) is 0.308. The number of halogens is 1. The molecule has 0 N–H and O–H groups in total. The number of nitrogens with zero attached hydrogens (tertiary/aromatic N) is 5. The highest BCUT2D eigenvalue weighted by Gasteiger charge is 2.22. The Labute approximate surface area is 198 Å². The van der Waals surface area contributed by atoms with Gasteiger partial charge in [-0.3, -0.25) is 4.79 Å². The summed E-state index contributed by atoms with van der Waals surface area (Å²) in [5, 5.41) is 12.4. The topological polar surface area (TPSA) is 62.2 Å². The van der Waals surface area contributed by atoms with E-state index >= 15 is 0 Å². The lowest BCUT2D eigenvalue weighted by atomic mass is 9.94. The van der Waals surface area contributed by atoms with Crippen molar-refractivity contribution in [2.45, 2.75) is 19.8 Å². The second-order valence-corrected chi connectivity index (χ2v) is 9.10. The van der Waals surface area contributed by atoms with Crippen LogP contribution in [0.5, 0.6) is 0 Å². The normalized spacial score (nSPS) is 18.8. The van der Waals surface area contributed by atoms with Gasteiger partial charge in [-0.2, -0.15) is 5.10 Å². The van der Waals surface area contributed by atoms with Gasteiger partial charge in [-0.25, -0.2) is 4.98 Å². The van der Waals surface area contributed by atoms with Gasteiger partial charge in [-0.05, 0) is 30.0 Å². The van der Waals surface area contributed by atoms with E-state index in [1.807, 2.05) is 12.1 Å². The molecule has 6 nitrogen and oxygen atoms in total. The van der Waals surface area contributed by atoms with Crippen LogP contribution in [-0.2, 0) is 6.42 Å². The lowest BCUT2D eigenvalue weighted by Crippen LogP contribution is -2.47. The van der Waals surface area contributed by atoms with Crippen molar-refractivity contribution in [2.75, 3.05) is 36.0 Å². The molecule has 0 saturated carbocycles. The van der Waals surface area contributed by atoms with Crippen LogP contribution in [0.4, 0.5) is 11.6 Å². The number of carbonyl (C=O) groups excluding carboxylic acids is 1. The van der Waals surface area contributed by atoms with Gasteiger partial charge in [0.1, 0.15) is 5.82 Å². The number of carbonyl (C=O) groups is 1. The summed E-state index contributed by atoms with van der Waals surface area (Å²) in [7, 11) is 0. The molecular weight excluding hydrogens is 434 g/mol. The molecule has 1 aromatic carbocycles. The molecule has 1 aliphatic heterocycles. The number of fused-ring (bicyclic) bond motifs is 1. The van der Waals surface area contributed by atoms with Crippen molar-refractivity contribution in [3.63, 3.8) is 0 Å². The Morgan fingerprint density at radius 1 is 1.03 bits per heavy atom. The van der Waals surface area contributed by atoms with Crippen LogP contribution < -0.4 is 9.80 Å². The van der Waals surface area contributed by atoms with E-state index in [9.17, 15) is 4.79 Å². The number of anilines is 2. The number of rotatable bonds is 5. The predicted octanol–water partition coefficient (Wildman–Crippen LogP) is 4.80. The van der Waals surface area contributed by atoms with E-state index in [0.29, 0.717) is 17.9 Å². The van der Waals surface area contributed by atoms with E-state index in [2.05, 4.69) is 68.3 Å². The van der Waals surface area contributed by atoms with Crippen molar-refractivity contribution in [1.29, 1.82) is 0 Å². The second kappa shape index (κ2) is 9.32. The smallest absolute Gasteiger partial charge is 0.159 e. The second-order valence-electron chi connectivity index (χ2n) is 8.69. The summed E-state index contributed by atoms with van der Waals surface area (Å²) in [4.78, 5) is 19.8. The molecule has 1 saturated heterocycles. The standard InChI is InChI=1S/C26H26ClN5O/c1-18-6-8-20(23(27)14-18)15-24-21-4-2-3-5-22(21)26(30-29-24)32-12-10-31(11-13-32)25-9-7-19(17-33)16-28-25/h2-5,7-9,14,16-18H,6,10-13,15H2,1H3. The first kappa shape index (κ1) is 21.6. The van der Waals surface area contributed by atoms with Gasteiger partial charge in [-0.1, -0.05) is 54.9 Å². The van der Waals surface area contributed by atoms with Gasteiger partial charge < -0.3 is 9.80 Å². The zero-order valence-corrected chi connectivity index (χ0v) is 19.4. The minimum atomic E-state index is 0.475. The first-order valence-corrected chi connectivity index (χ1v) is 11.7. The van der Waals surface area contributed by atoms with Gasteiger partial charge >= 0.3 is 0 Å². The van der Waals surface area contributed by atoms with Crippen molar-refractivity contribution in [3.05, 3.63) is 76.6 Å². The third-order valence-electron chi connectivity index (χ3n) is 6.39. The van der Waals surface area contributed by atoms with Crippen LogP contribution in [0.15, 0.2) is 65.4 Å². The van der Waals surface area contributed by atoms with Gasteiger partial charge in [0.25, 0.3) is 0 Å². The van der Waals surface area contributed by atoms with E-state index in [-0.39, 0.29) is 0 Å². The van der Waals surface area contributed by atoms with Crippen molar-refractivity contribution in [1.82, 2.24) is 15.2 Å². The molecule has 1 aliphatic carbocycles. The summed E-state index contributed by atoms with van der Waals surface area (Å²) in [6.07, 6.45) is 8.49. The molecule has 2 aromatic heterocycles. The highest BCUT2D eigenvalue weighted by Crippen LogP contribution is 2.32. The van der Waals surface area contributed by atoms with Gasteiger partial charge in [0.05, 0.1) is 5.69 Å². The lowest BCUT2D eigenvalue weighted by molar-refractivity contribution is 0.112. The molecule has 1 atom stereocenters. The Balaban J connectivity index is 1.36. The van der Waals surface area contributed by atoms with Crippen LogP contribution in [0.2, 0.25) is 0 Å². The van der Waals surface area contributed by atoms with E-state index in [4.69, 9.17) is 11.6 Å². The Hall–Kier alpha value is -3.25. The van der Waals surface area contributed by atoms with E-state index < -0.39 is 0 Å². The quantitative estimate of drug-likeness (QED) is 0.511. The molecule has 0 amide bonds. The minimum absolute atomic E-state index is 0.475. The molecular formula is C26H26ClN5O. The fourth-order valence-electron chi connectivity index (χ4n) is 4.50. The molecule has 33 heavy (non-hydrogen) atoms. The molecule has 1 fully saturated rings. The first-order chi connectivity index (χ1) is 16.1. The zero-order valence-electron chi connectivity index (χ0n) is 18.6. The highest BCUT2D eigenvalue weighted by atomic mass is 35.5. The van der Waals surface area contributed by atoms with E-state index in [0.717, 1.165) is 77.6 Å². The first-order valence-electron chi connectivity index (χ1n) is 11.3. The number of pyridine rings is 1. The Morgan fingerprint density at radius 2 is 1.79 bits per heavy atom. The van der Waals surface area contributed by atoms with Gasteiger partial charge in [0.2, 0.25) is 0 Å². The van der Waals surface area contributed by atoms with Crippen LogP contribution in [0.25, 0.3) is 10.8 Å². The Kier molecular flexibility index (Phi) is 6.09. The van der Waals surface area contributed by atoms with Crippen LogP contribution >= 0.6 is 11.6 Å². The molecule has 168 valence electrons. The maximum atomic E-state index is 10.9. The minimum Gasteiger partial charge on any atom is -0.353 e. The van der Waals surface area contributed by atoms with Crippen molar-refractivity contribution in [3.8, 4) is 0 Å². The average molecular weight is 460 g/mol. The third-order valence-corrected chi connectivity index (χ3v) is 6.75. The molecule has 3 heterocycles. The maximum Gasteiger partial charge on any atom is 0.159 e. The molecule has 0 bridgehead atoms. The van der Waals surface area contributed by atoms with E-state index in [1.54, 1.807) is 6.20 Å². The maximum absolute atomic E-state index is 10.9. The lowest BCUT2D eigenvalue weighted by Gasteiger charge is -2.36. The number of hydrogen-bond acceptors (Lipinski definition) is 6. The number of benzene rings is 1. The van der Waals surface area contributed by atoms with Crippen molar-refractivity contribution >= 4 is 40.3 Å². The zero-order chi connectivity index (χ0) is 22.8. The summed E-state index contributed by atoms with van der Waals surface area (Å²) in [6, 6.07) is 12.1. The number of hydrogen-bond donors (Lipinski definition) is 0. The summed E-state index contributed by atoms with van der Waals surface area (Å²) in [5.74, 6) is 2.29. The molecule has 0 spiro atoms. The van der Waals surface area contributed by atoms with E-state index in [1.165, 1.54) is 0 Å². The number of aromatic nitrogens is 3. The predicted molar refractivity (Wildman–Crippen MR) is 133 cm³/mol. The Morgan fingerprint density at radius 3 is 2.48 bits per heavy atom. The number of allylic oxidation sites excluding steroid dienone is 4. The number of piperazine rings is 1. The Bertz CT molecular complexity index is 1230. The molecule has 3 aromatic rings. The summed E-state index contributed by atoms with van der Waals surface area (Å²) in [5.41, 5.74) is 2.68. The van der Waals surface area contributed by atoms with Crippen LogP contribution in [0.3, 0.4) is 0 Å². The average Bonchev–Trinajstić information content (AvgIpc) is 2.86. The number of aldehydes is 1.